The largest absolute Gasteiger partial charge is 0.389 e. The summed E-state index contributed by atoms with van der Waals surface area (Å²) >= 11 is 0. The zero-order valence-electron chi connectivity index (χ0n) is 9.33. The van der Waals surface area contributed by atoms with Gasteiger partial charge in [-0.2, -0.15) is 0 Å². The number of aliphatic hydroxyl groups is 1. The van der Waals surface area contributed by atoms with E-state index < -0.39 is 15.4 Å². The number of nitrogens with one attached hydrogen (secondary N) is 1. The van der Waals surface area contributed by atoms with Gasteiger partial charge >= 0.3 is 0 Å². The van der Waals surface area contributed by atoms with Crippen LogP contribution in [0.25, 0.3) is 0 Å². The third-order valence-electron chi connectivity index (χ3n) is 3.02. The highest BCUT2D eigenvalue weighted by Crippen LogP contribution is 2.28. The zero-order chi connectivity index (χ0) is 11.4. The summed E-state index contributed by atoms with van der Waals surface area (Å²) in [5.41, 5.74) is -0.587. The van der Waals surface area contributed by atoms with E-state index in [9.17, 15) is 13.5 Å². The first-order chi connectivity index (χ1) is 6.97. The summed E-state index contributed by atoms with van der Waals surface area (Å²) in [4.78, 5) is 0. The van der Waals surface area contributed by atoms with Gasteiger partial charge in [-0.25, -0.2) is 8.42 Å². The molecule has 0 spiro atoms. The topological polar surface area (TPSA) is 66.4 Å². The van der Waals surface area contributed by atoms with E-state index in [0.717, 1.165) is 25.7 Å². The molecule has 0 aromatic carbocycles. The smallest absolute Gasteiger partial charge is 0.151 e. The summed E-state index contributed by atoms with van der Waals surface area (Å²) < 4.78 is 22.3. The van der Waals surface area contributed by atoms with Crippen molar-refractivity contribution in [1.82, 2.24) is 5.32 Å². The molecule has 15 heavy (non-hydrogen) atoms. The lowest BCUT2D eigenvalue weighted by atomic mass is 10.0. The molecule has 1 saturated carbocycles. The third kappa shape index (κ3) is 4.49. The number of hydrogen-bond donors (Lipinski definition) is 2. The van der Waals surface area contributed by atoms with Gasteiger partial charge in [0, 0.05) is 18.8 Å². The molecule has 1 fully saturated rings. The Morgan fingerprint density at radius 1 is 1.33 bits per heavy atom. The number of sulfone groups is 1. The van der Waals surface area contributed by atoms with Crippen LogP contribution in [0.4, 0.5) is 0 Å². The number of hydrogen-bond acceptors (Lipinski definition) is 4. The Labute approximate surface area is 92.0 Å². The molecule has 0 aromatic heterocycles. The quantitative estimate of drug-likeness (QED) is 0.651. The van der Waals surface area contributed by atoms with Crippen LogP contribution >= 0.6 is 0 Å². The summed E-state index contributed by atoms with van der Waals surface area (Å²) in [5.74, 6) is 0.360. The van der Waals surface area contributed by atoms with Crippen LogP contribution in [0.15, 0.2) is 0 Å². The van der Waals surface area contributed by atoms with Gasteiger partial charge in [-0.1, -0.05) is 19.8 Å². The van der Waals surface area contributed by atoms with Gasteiger partial charge < -0.3 is 10.4 Å². The van der Waals surface area contributed by atoms with Crippen LogP contribution in [-0.4, -0.2) is 43.7 Å². The van der Waals surface area contributed by atoms with Crippen LogP contribution < -0.4 is 5.32 Å². The molecule has 5 heteroatoms. The van der Waals surface area contributed by atoms with Crippen molar-refractivity contribution in [3.05, 3.63) is 0 Å². The van der Waals surface area contributed by atoms with Gasteiger partial charge in [0.15, 0.2) is 9.84 Å². The molecule has 1 aliphatic rings. The summed E-state index contributed by atoms with van der Waals surface area (Å²) in [5, 5.41) is 13.0. The van der Waals surface area contributed by atoms with Gasteiger partial charge in [0.2, 0.25) is 0 Å². The highest BCUT2D eigenvalue weighted by Gasteiger charge is 2.30. The van der Waals surface area contributed by atoms with Gasteiger partial charge in [0.25, 0.3) is 0 Å². The second-order valence-electron chi connectivity index (χ2n) is 4.34. The molecule has 0 aromatic rings. The van der Waals surface area contributed by atoms with Gasteiger partial charge in [-0.05, 0) is 12.8 Å². The lowest BCUT2D eigenvalue weighted by molar-refractivity contribution is 0.0484. The molecule has 0 saturated heterocycles. The second kappa shape index (κ2) is 5.27. The summed E-state index contributed by atoms with van der Waals surface area (Å²) in [6, 6.07) is 0. The van der Waals surface area contributed by atoms with E-state index in [1.165, 1.54) is 0 Å². The molecule has 90 valence electrons. The summed E-state index contributed by atoms with van der Waals surface area (Å²) in [7, 11) is -2.88. The molecule has 0 aliphatic heterocycles. The lowest BCUT2D eigenvalue weighted by Crippen LogP contribution is -2.39. The van der Waals surface area contributed by atoms with E-state index in [1.807, 2.05) is 0 Å². The fourth-order valence-corrected chi connectivity index (χ4v) is 2.65. The van der Waals surface area contributed by atoms with Crippen LogP contribution in [-0.2, 0) is 9.84 Å². The maximum atomic E-state index is 11.2. The molecule has 0 bridgehead atoms. The van der Waals surface area contributed by atoms with Crippen molar-refractivity contribution in [3.63, 3.8) is 0 Å². The molecular weight excluding hydrogens is 214 g/mol. The Morgan fingerprint density at radius 2 is 1.93 bits per heavy atom. The van der Waals surface area contributed by atoms with Crippen molar-refractivity contribution in [1.29, 1.82) is 0 Å². The van der Waals surface area contributed by atoms with E-state index in [2.05, 4.69) is 5.32 Å². The molecule has 0 amide bonds. The predicted molar refractivity (Wildman–Crippen MR) is 60.6 cm³/mol. The predicted octanol–water partition coefficient (Wildman–Crippen LogP) is 0.316. The molecule has 0 unspecified atom stereocenters. The molecule has 0 heterocycles. The molecular formula is C10H21NO3S. The third-order valence-corrected chi connectivity index (χ3v) is 4.72. The maximum Gasteiger partial charge on any atom is 0.151 e. The summed E-state index contributed by atoms with van der Waals surface area (Å²) in [6.07, 6.45) is 3.82. The highest BCUT2D eigenvalue weighted by atomic mass is 32.2. The molecule has 1 aliphatic carbocycles. The van der Waals surface area contributed by atoms with E-state index >= 15 is 0 Å². The lowest BCUT2D eigenvalue weighted by Gasteiger charge is -2.22. The van der Waals surface area contributed by atoms with Crippen molar-refractivity contribution < 1.29 is 13.5 Å². The van der Waals surface area contributed by atoms with Gasteiger partial charge in [0.05, 0.1) is 11.4 Å². The van der Waals surface area contributed by atoms with E-state index in [4.69, 9.17) is 0 Å². The minimum Gasteiger partial charge on any atom is -0.389 e. The second-order valence-corrected chi connectivity index (χ2v) is 6.82. The van der Waals surface area contributed by atoms with E-state index in [0.29, 0.717) is 13.1 Å². The average Bonchev–Trinajstić information content (AvgIpc) is 2.61. The molecule has 0 atom stereocenters. The van der Waals surface area contributed by atoms with Gasteiger partial charge in [-0.3, -0.25) is 0 Å². The van der Waals surface area contributed by atoms with Crippen LogP contribution in [0, 0.1) is 0 Å². The van der Waals surface area contributed by atoms with Crippen LogP contribution in [0.2, 0.25) is 0 Å². The first-order valence-corrected chi connectivity index (χ1v) is 7.43. The normalized spacial score (nSPS) is 20.7. The fourth-order valence-electron chi connectivity index (χ4n) is 1.90. The summed E-state index contributed by atoms with van der Waals surface area (Å²) in [6.45, 7) is 2.62. The first-order valence-electron chi connectivity index (χ1n) is 5.61. The minimum absolute atomic E-state index is 0.166. The standard InChI is InChI=1S/C10H21NO3S/c1-2-15(13,14)8-7-11-9-10(12)5-3-4-6-10/h11-12H,2-9H2,1H3. The Bertz CT molecular complexity index is 281. The van der Waals surface area contributed by atoms with Crippen molar-refractivity contribution in [2.75, 3.05) is 24.6 Å². The van der Waals surface area contributed by atoms with Crippen LogP contribution in [0.3, 0.4) is 0 Å². The van der Waals surface area contributed by atoms with Gasteiger partial charge in [-0.15, -0.1) is 0 Å². The fraction of sp³-hybridized carbons (Fsp3) is 1.00. The van der Waals surface area contributed by atoms with Crippen LogP contribution in [0.5, 0.6) is 0 Å². The van der Waals surface area contributed by atoms with E-state index in [-0.39, 0.29) is 11.5 Å². The van der Waals surface area contributed by atoms with Crippen LogP contribution in [0.1, 0.15) is 32.6 Å². The minimum atomic E-state index is -2.88. The Balaban J connectivity index is 2.17. The average molecular weight is 235 g/mol. The maximum absolute atomic E-state index is 11.2. The van der Waals surface area contributed by atoms with Crippen molar-refractivity contribution in [3.8, 4) is 0 Å². The molecule has 2 N–H and O–H groups in total. The highest BCUT2D eigenvalue weighted by molar-refractivity contribution is 7.91. The molecule has 4 nitrogen and oxygen atoms in total. The molecule has 0 radical (unpaired) electrons. The Morgan fingerprint density at radius 3 is 2.47 bits per heavy atom. The van der Waals surface area contributed by atoms with Crippen molar-refractivity contribution in [2.45, 2.75) is 38.2 Å². The van der Waals surface area contributed by atoms with Crippen molar-refractivity contribution >= 4 is 9.84 Å². The Kier molecular flexibility index (Phi) is 4.55. The molecule has 1 rings (SSSR count). The van der Waals surface area contributed by atoms with E-state index in [1.54, 1.807) is 6.92 Å². The number of rotatable bonds is 6. The first kappa shape index (κ1) is 12.9. The van der Waals surface area contributed by atoms with Crippen molar-refractivity contribution in [2.24, 2.45) is 0 Å². The zero-order valence-corrected chi connectivity index (χ0v) is 10.1. The SMILES string of the molecule is CCS(=O)(=O)CCNCC1(O)CCCC1. The monoisotopic (exact) mass is 235 g/mol. The Hall–Kier alpha value is -0.130. The van der Waals surface area contributed by atoms with Gasteiger partial charge in [0.1, 0.15) is 0 Å².